The molecule has 1 aliphatic carbocycles. The molecule has 0 bridgehead atoms. The first kappa shape index (κ1) is 15.2. The van der Waals surface area contributed by atoms with Crippen LogP contribution in [0.4, 0.5) is 11.7 Å². The van der Waals surface area contributed by atoms with E-state index in [9.17, 15) is 0 Å². The summed E-state index contributed by atoms with van der Waals surface area (Å²) in [6, 6.07) is 12.2. The summed E-state index contributed by atoms with van der Waals surface area (Å²) in [5.74, 6) is 1.40. The van der Waals surface area contributed by atoms with Gasteiger partial charge in [0.25, 0.3) is 6.01 Å². The lowest BCUT2D eigenvalue weighted by Crippen LogP contribution is -2.14. The quantitative estimate of drug-likeness (QED) is 0.285. The molecule has 0 amide bonds. The van der Waals surface area contributed by atoms with Crippen LogP contribution in [-0.2, 0) is 0 Å². The molecule has 7 nitrogen and oxygen atoms in total. The molecule has 0 unspecified atom stereocenters. The van der Waals surface area contributed by atoms with Gasteiger partial charge in [-0.3, -0.25) is 4.98 Å². The number of pyridine rings is 1. The lowest BCUT2D eigenvalue weighted by Gasteiger charge is -2.03. The smallest absolute Gasteiger partial charge is 0.299 e. The highest BCUT2D eigenvalue weighted by molar-refractivity contribution is 5.95. The average molecular weight is 335 g/mol. The van der Waals surface area contributed by atoms with Crippen LogP contribution < -0.4 is 11.1 Å². The predicted octanol–water partition coefficient (Wildman–Crippen LogP) is 3.45. The second-order valence-electron chi connectivity index (χ2n) is 5.97. The van der Waals surface area contributed by atoms with Crippen LogP contribution in [0, 0.1) is 0 Å². The molecule has 4 rings (SSSR count). The van der Waals surface area contributed by atoms with Gasteiger partial charge in [-0.25, -0.2) is 4.98 Å². The molecule has 7 heteroatoms. The number of aromatic nitrogens is 2. The van der Waals surface area contributed by atoms with E-state index in [4.69, 9.17) is 15.4 Å². The maximum atomic E-state index is 8.64. The summed E-state index contributed by atoms with van der Waals surface area (Å²) in [6.07, 6.45) is 5.82. The topological polar surface area (TPSA) is 110 Å². The van der Waals surface area contributed by atoms with Crippen molar-refractivity contribution in [2.24, 2.45) is 10.9 Å². The van der Waals surface area contributed by atoms with Gasteiger partial charge in [-0.1, -0.05) is 29.4 Å². The molecule has 126 valence electrons. The standard InChI is InChI=1S/C18H17N5O2/c19-17(23-24)15-8-7-14(9-20-15)22-18-21-10-16(25-18)13-5-3-12(4-6-13)11-1-2-11/h3-11,24H,1-2H2,(H2,19,23)(H,21,22). The van der Waals surface area contributed by atoms with E-state index in [0.717, 1.165) is 11.5 Å². The zero-order valence-electron chi connectivity index (χ0n) is 13.4. The predicted molar refractivity (Wildman–Crippen MR) is 93.9 cm³/mol. The van der Waals surface area contributed by atoms with Gasteiger partial charge >= 0.3 is 0 Å². The minimum absolute atomic E-state index is 0.0420. The van der Waals surface area contributed by atoms with Gasteiger partial charge in [0.15, 0.2) is 11.6 Å². The van der Waals surface area contributed by atoms with Gasteiger partial charge in [0, 0.05) is 5.56 Å². The van der Waals surface area contributed by atoms with Crippen molar-refractivity contribution >= 4 is 17.5 Å². The lowest BCUT2D eigenvalue weighted by molar-refractivity contribution is 0.318. The molecule has 1 saturated carbocycles. The van der Waals surface area contributed by atoms with Crippen LogP contribution in [0.1, 0.15) is 30.0 Å². The average Bonchev–Trinajstić information content (AvgIpc) is 3.41. The number of nitrogens with zero attached hydrogens (tertiary/aromatic N) is 3. The van der Waals surface area contributed by atoms with E-state index in [-0.39, 0.29) is 5.84 Å². The summed E-state index contributed by atoms with van der Waals surface area (Å²) in [6.45, 7) is 0. The molecule has 2 aromatic heterocycles. The fraction of sp³-hybridized carbons (Fsp3) is 0.167. The molecule has 1 fully saturated rings. The van der Waals surface area contributed by atoms with Crippen molar-refractivity contribution in [1.82, 2.24) is 9.97 Å². The highest BCUT2D eigenvalue weighted by Crippen LogP contribution is 2.40. The van der Waals surface area contributed by atoms with Gasteiger partial charge in [0.1, 0.15) is 5.69 Å². The molecule has 25 heavy (non-hydrogen) atoms. The number of hydrogen-bond acceptors (Lipinski definition) is 6. The third-order valence-electron chi connectivity index (χ3n) is 4.13. The van der Waals surface area contributed by atoms with E-state index >= 15 is 0 Å². The number of nitrogens with one attached hydrogen (secondary N) is 1. The van der Waals surface area contributed by atoms with Crippen molar-refractivity contribution in [1.29, 1.82) is 0 Å². The molecule has 3 aromatic rings. The molecule has 0 atom stereocenters. The summed E-state index contributed by atoms with van der Waals surface area (Å²) >= 11 is 0. The van der Waals surface area contributed by atoms with Gasteiger partial charge in [0.2, 0.25) is 0 Å². The first-order valence-electron chi connectivity index (χ1n) is 8.00. The van der Waals surface area contributed by atoms with Crippen molar-refractivity contribution < 1.29 is 9.62 Å². The molecule has 0 saturated heterocycles. The van der Waals surface area contributed by atoms with Crippen LogP contribution in [0.15, 0.2) is 58.4 Å². The monoisotopic (exact) mass is 335 g/mol. The third kappa shape index (κ3) is 3.30. The van der Waals surface area contributed by atoms with Crippen LogP contribution >= 0.6 is 0 Å². The van der Waals surface area contributed by atoms with Crippen molar-refractivity contribution in [3.05, 3.63) is 60.0 Å². The summed E-state index contributed by atoms with van der Waals surface area (Å²) in [5.41, 5.74) is 8.94. The third-order valence-corrected chi connectivity index (χ3v) is 4.13. The Bertz CT molecular complexity index is 896. The normalized spacial score (nSPS) is 14.5. The van der Waals surface area contributed by atoms with Crippen molar-refractivity contribution in [2.45, 2.75) is 18.8 Å². The molecule has 0 spiro atoms. The van der Waals surface area contributed by atoms with Gasteiger partial charge < -0.3 is 20.7 Å². The van der Waals surface area contributed by atoms with Gasteiger partial charge in [0.05, 0.1) is 18.1 Å². The molecule has 0 radical (unpaired) electrons. The van der Waals surface area contributed by atoms with Gasteiger partial charge in [-0.15, -0.1) is 0 Å². The Kier molecular flexibility index (Phi) is 3.81. The highest BCUT2D eigenvalue weighted by atomic mass is 16.4. The Balaban J connectivity index is 1.47. The Labute approximate surface area is 144 Å². The summed E-state index contributed by atoms with van der Waals surface area (Å²) in [7, 11) is 0. The Morgan fingerprint density at radius 2 is 1.92 bits per heavy atom. The Hall–Kier alpha value is -3.35. The first-order chi connectivity index (χ1) is 12.2. The van der Waals surface area contributed by atoms with Crippen molar-refractivity contribution in [2.75, 3.05) is 5.32 Å². The zero-order chi connectivity index (χ0) is 17.2. The van der Waals surface area contributed by atoms with E-state index in [0.29, 0.717) is 23.2 Å². The summed E-state index contributed by atoms with van der Waals surface area (Å²) < 4.78 is 5.75. The Morgan fingerprint density at radius 1 is 1.12 bits per heavy atom. The minimum atomic E-state index is -0.0420. The zero-order valence-corrected chi connectivity index (χ0v) is 13.4. The SMILES string of the molecule is NC(=NO)c1ccc(Nc2ncc(-c3ccc(C4CC4)cc3)o2)cn1. The van der Waals surface area contributed by atoms with Crippen LogP contribution in [0.25, 0.3) is 11.3 Å². The number of rotatable bonds is 5. The largest absolute Gasteiger partial charge is 0.423 e. The summed E-state index contributed by atoms with van der Waals surface area (Å²) in [4.78, 5) is 8.33. The molecule has 1 aromatic carbocycles. The molecule has 2 heterocycles. The lowest BCUT2D eigenvalue weighted by atomic mass is 10.1. The molecule has 0 aliphatic heterocycles. The number of oxime groups is 1. The van der Waals surface area contributed by atoms with E-state index < -0.39 is 0 Å². The molecule has 4 N–H and O–H groups in total. The van der Waals surface area contributed by atoms with Crippen LogP contribution in [0.5, 0.6) is 0 Å². The van der Waals surface area contributed by atoms with Gasteiger partial charge in [-0.05, 0) is 36.5 Å². The van der Waals surface area contributed by atoms with Crippen LogP contribution in [-0.4, -0.2) is 21.0 Å². The number of hydrogen-bond donors (Lipinski definition) is 3. The van der Waals surface area contributed by atoms with E-state index in [1.165, 1.54) is 18.4 Å². The van der Waals surface area contributed by atoms with Crippen LogP contribution in [0.3, 0.4) is 0 Å². The fourth-order valence-corrected chi connectivity index (χ4v) is 2.60. The maximum absolute atomic E-state index is 8.64. The first-order valence-corrected chi connectivity index (χ1v) is 8.00. The fourth-order valence-electron chi connectivity index (χ4n) is 2.60. The number of anilines is 2. The molecular weight excluding hydrogens is 318 g/mol. The number of oxazole rings is 1. The minimum Gasteiger partial charge on any atom is -0.423 e. The van der Waals surface area contributed by atoms with E-state index in [1.807, 2.05) is 0 Å². The van der Waals surface area contributed by atoms with Crippen molar-refractivity contribution in [3.63, 3.8) is 0 Å². The van der Waals surface area contributed by atoms with E-state index in [2.05, 4.69) is 44.7 Å². The Morgan fingerprint density at radius 3 is 2.56 bits per heavy atom. The van der Waals surface area contributed by atoms with E-state index in [1.54, 1.807) is 24.5 Å². The number of amidine groups is 1. The number of nitrogens with two attached hydrogens (primary N) is 1. The number of benzene rings is 1. The van der Waals surface area contributed by atoms with Gasteiger partial charge in [-0.2, -0.15) is 0 Å². The maximum Gasteiger partial charge on any atom is 0.299 e. The second kappa shape index (κ2) is 6.27. The van der Waals surface area contributed by atoms with Crippen LogP contribution in [0.2, 0.25) is 0 Å². The summed E-state index contributed by atoms with van der Waals surface area (Å²) in [5, 5.41) is 14.6. The highest BCUT2D eigenvalue weighted by Gasteiger charge is 2.23. The second-order valence-corrected chi connectivity index (χ2v) is 5.97. The van der Waals surface area contributed by atoms with Crippen molar-refractivity contribution in [3.8, 4) is 11.3 Å². The molecular formula is C18H17N5O2. The molecule has 1 aliphatic rings.